The molecule has 0 aliphatic heterocycles. The monoisotopic (exact) mass is 144 g/mol. The predicted octanol–water partition coefficient (Wildman–Crippen LogP) is 0.259. The van der Waals surface area contributed by atoms with Gasteiger partial charge in [0, 0.05) is 19.2 Å². The summed E-state index contributed by atoms with van der Waals surface area (Å²) in [5.41, 5.74) is 0. The van der Waals surface area contributed by atoms with E-state index in [0.717, 1.165) is 7.11 Å². The lowest BCUT2D eigenvalue weighted by atomic mass is 10.5. The number of rotatable bonds is 0. The average Bonchev–Trinajstić information content (AvgIpc) is 2.00. The minimum Gasteiger partial charge on any atom is -0.400 e. The lowest BCUT2D eigenvalue weighted by Crippen LogP contribution is -2.31. The van der Waals surface area contributed by atoms with Crippen molar-refractivity contribution in [1.29, 1.82) is 0 Å². The fourth-order valence-electron chi connectivity index (χ4n) is 0.503. The second kappa shape index (κ2) is 4.88. The molecular formula is C7H11FNO+. The Hall–Kier alpha value is -0.960. The van der Waals surface area contributed by atoms with E-state index in [9.17, 15) is 4.39 Å². The van der Waals surface area contributed by atoms with E-state index in [4.69, 9.17) is 5.11 Å². The van der Waals surface area contributed by atoms with Crippen LogP contribution in [0.3, 0.4) is 0 Å². The Morgan fingerprint density at radius 1 is 1.40 bits per heavy atom. The van der Waals surface area contributed by atoms with Gasteiger partial charge in [0.05, 0.1) is 0 Å². The summed E-state index contributed by atoms with van der Waals surface area (Å²) in [6.45, 7) is 0. The summed E-state index contributed by atoms with van der Waals surface area (Å²) in [4.78, 5) is 0. The first kappa shape index (κ1) is 9.04. The first-order valence-corrected chi connectivity index (χ1v) is 2.85. The van der Waals surface area contributed by atoms with Crippen molar-refractivity contribution in [2.45, 2.75) is 0 Å². The van der Waals surface area contributed by atoms with Crippen molar-refractivity contribution in [1.82, 2.24) is 0 Å². The molecule has 1 heterocycles. The van der Waals surface area contributed by atoms with Gasteiger partial charge in [-0.3, -0.25) is 0 Å². The molecule has 0 unspecified atom stereocenters. The zero-order chi connectivity index (χ0) is 7.98. The molecule has 0 spiro atoms. The predicted molar refractivity (Wildman–Crippen MR) is 35.7 cm³/mol. The number of aliphatic hydroxyl groups is 1. The largest absolute Gasteiger partial charge is 0.400 e. The minimum atomic E-state index is -0.215. The molecule has 2 nitrogen and oxygen atoms in total. The van der Waals surface area contributed by atoms with E-state index >= 15 is 0 Å². The number of halogens is 1. The molecule has 1 aromatic heterocycles. The Kier molecular flexibility index (Phi) is 4.41. The quantitative estimate of drug-likeness (QED) is 0.410. The number of aryl methyl sites for hydroxylation is 1. The van der Waals surface area contributed by atoms with Crippen LogP contribution in [0, 0.1) is 5.95 Å². The van der Waals surface area contributed by atoms with Gasteiger partial charge in [-0.15, -0.1) is 4.39 Å². The van der Waals surface area contributed by atoms with Crippen molar-refractivity contribution in [3.63, 3.8) is 0 Å². The van der Waals surface area contributed by atoms with Gasteiger partial charge in [-0.1, -0.05) is 0 Å². The molecule has 0 radical (unpaired) electrons. The molecule has 0 fully saturated rings. The maximum absolute atomic E-state index is 12.3. The first-order chi connectivity index (χ1) is 4.80. The fourth-order valence-corrected chi connectivity index (χ4v) is 0.503. The highest BCUT2D eigenvalue weighted by molar-refractivity contribution is 4.85. The van der Waals surface area contributed by atoms with E-state index in [1.54, 1.807) is 25.4 Å². The van der Waals surface area contributed by atoms with Gasteiger partial charge in [0.2, 0.25) is 0 Å². The molecule has 10 heavy (non-hydrogen) atoms. The molecule has 0 aliphatic carbocycles. The summed E-state index contributed by atoms with van der Waals surface area (Å²) in [7, 11) is 2.66. The SMILES string of the molecule is CO.C[n+]1ccccc1F. The topological polar surface area (TPSA) is 24.1 Å². The summed E-state index contributed by atoms with van der Waals surface area (Å²) in [6.07, 6.45) is 1.66. The van der Waals surface area contributed by atoms with Gasteiger partial charge >= 0.3 is 5.95 Å². The van der Waals surface area contributed by atoms with Gasteiger partial charge in [-0.05, 0) is 6.07 Å². The molecule has 0 atom stereocenters. The Bertz CT molecular complexity index is 170. The van der Waals surface area contributed by atoms with Gasteiger partial charge in [-0.2, -0.15) is 4.57 Å². The van der Waals surface area contributed by atoms with E-state index in [0.29, 0.717) is 0 Å². The number of hydrogen-bond acceptors (Lipinski definition) is 1. The van der Waals surface area contributed by atoms with Crippen LogP contribution in [0.2, 0.25) is 0 Å². The zero-order valence-corrected chi connectivity index (χ0v) is 6.08. The summed E-state index contributed by atoms with van der Waals surface area (Å²) in [5, 5.41) is 7.00. The summed E-state index contributed by atoms with van der Waals surface area (Å²) < 4.78 is 13.7. The summed E-state index contributed by atoms with van der Waals surface area (Å²) in [6, 6.07) is 4.86. The molecule has 0 saturated heterocycles. The average molecular weight is 144 g/mol. The number of nitrogens with zero attached hydrogens (tertiary/aromatic N) is 1. The maximum atomic E-state index is 12.3. The Morgan fingerprint density at radius 3 is 2.30 bits per heavy atom. The second-order valence-electron chi connectivity index (χ2n) is 1.63. The van der Waals surface area contributed by atoms with Crippen LogP contribution in [0.25, 0.3) is 0 Å². The van der Waals surface area contributed by atoms with Gasteiger partial charge in [0.15, 0.2) is 6.20 Å². The van der Waals surface area contributed by atoms with E-state index in [1.165, 1.54) is 10.6 Å². The smallest absolute Gasteiger partial charge is 0.359 e. The van der Waals surface area contributed by atoms with E-state index < -0.39 is 0 Å². The molecule has 1 N–H and O–H groups in total. The van der Waals surface area contributed by atoms with Crippen molar-refractivity contribution < 1.29 is 14.1 Å². The maximum Gasteiger partial charge on any atom is 0.359 e. The van der Waals surface area contributed by atoms with Gasteiger partial charge < -0.3 is 5.11 Å². The van der Waals surface area contributed by atoms with Gasteiger partial charge in [0.25, 0.3) is 0 Å². The van der Waals surface area contributed by atoms with Crippen LogP contribution in [0.15, 0.2) is 24.4 Å². The highest BCUT2D eigenvalue weighted by Crippen LogP contribution is 1.83. The molecule has 1 rings (SSSR count). The van der Waals surface area contributed by atoms with Crippen LogP contribution in [0.1, 0.15) is 0 Å². The van der Waals surface area contributed by atoms with Crippen molar-refractivity contribution in [3.05, 3.63) is 30.3 Å². The minimum absolute atomic E-state index is 0.215. The van der Waals surface area contributed by atoms with Crippen LogP contribution in [-0.4, -0.2) is 12.2 Å². The van der Waals surface area contributed by atoms with Gasteiger partial charge in [-0.25, -0.2) is 0 Å². The highest BCUT2D eigenvalue weighted by Gasteiger charge is 1.97. The fraction of sp³-hybridized carbons (Fsp3) is 0.286. The Balaban J connectivity index is 0.000000371. The standard InChI is InChI=1S/C6H7FN.CH4O/c1-8-5-3-2-4-6(8)7;1-2/h2-5H,1H3;2H,1H3/q+1;. The molecule has 0 amide bonds. The molecule has 0 aromatic carbocycles. The molecule has 1 aromatic rings. The third kappa shape index (κ3) is 2.55. The zero-order valence-electron chi connectivity index (χ0n) is 6.08. The number of aromatic nitrogens is 1. The van der Waals surface area contributed by atoms with E-state index in [-0.39, 0.29) is 5.95 Å². The Morgan fingerprint density at radius 2 is 2.00 bits per heavy atom. The molecule has 3 heteroatoms. The lowest BCUT2D eigenvalue weighted by Gasteiger charge is -1.83. The second-order valence-corrected chi connectivity index (χ2v) is 1.63. The third-order valence-corrected chi connectivity index (χ3v) is 0.991. The molecule has 0 aliphatic rings. The van der Waals surface area contributed by atoms with Crippen molar-refractivity contribution in [3.8, 4) is 0 Å². The highest BCUT2D eigenvalue weighted by atomic mass is 19.1. The van der Waals surface area contributed by atoms with Crippen molar-refractivity contribution in [2.75, 3.05) is 7.11 Å². The molecular weight excluding hydrogens is 133 g/mol. The van der Waals surface area contributed by atoms with E-state index in [1.807, 2.05) is 0 Å². The van der Waals surface area contributed by atoms with Crippen LogP contribution >= 0.6 is 0 Å². The number of pyridine rings is 1. The third-order valence-electron chi connectivity index (χ3n) is 0.991. The first-order valence-electron chi connectivity index (χ1n) is 2.85. The van der Waals surface area contributed by atoms with Crippen LogP contribution in [0.5, 0.6) is 0 Å². The van der Waals surface area contributed by atoms with Crippen LogP contribution in [0.4, 0.5) is 4.39 Å². The van der Waals surface area contributed by atoms with Crippen LogP contribution < -0.4 is 4.57 Å². The molecule has 0 saturated carbocycles. The van der Waals surface area contributed by atoms with E-state index in [2.05, 4.69) is 0 Å². The normalized spacial score (nSPS) is 8.00. The van der Waals surface area contributed by atoms with Crippen LogP contribution in [-0.2, 0) is 7.05 Å². The number of hydrogen-bond donors (Lipinski definition) is 1. The summed E-state index contributed by atoms with van der Waals surface area (Å²) >= 11 is 0. The summed E-state index contributed by atoms with van der Waals surface area (Å²) in [5.74, 6) is -0.215. The van der Waals surface area contributed by atoms with Gasteiger partial charge in [0.1, 0.15) is 7.05 Å². The number of aliphatic hydroxyl groups excluding tert-OH is 1. The lowest BCUT2D eigenvalue weighted by molar-refractivity contribution is -0.700. The van der Waals surface area contributed by atoms with Crippen molar-refractivity contribution >= 4 is 0 Å². The molecule has 0 bridgehead atoms. The van der Waals surface area contributed by atoms with Crippen molar-refractivity contribution in [2.24, 2.45) is 7.05 Å². The molecule has 56 valence electrons. The Labute approximate surface area is 59.6 Å².